The second-order valence-corrected chi connectivity index (χ2v) is 9.40. The van der Waals surface area contributed by atoms with E-state index >= 15 is 0 Å². The number of nitrogens with two attached hydrogens (primary N) is 1. The van der Waals surface area contributed by atoms with E-state index in [4.69, 9.17) is 5.14 Å². The zero-order valence-corrected chi connectivity index (χ0v) is 17.6. The molecule has 5 N–H and O–H groups in total. The molecule has 1 amide bonds. The molecule has 31 heavy (non-hydrogen) atoms. The van der Waals surface area contributed by atoms with Crippen LogP contribution in [0, 0.1) is 6.92 Å². The van der Waals surface area contributed by atoms with Gasteiger partial charge >= 0.3 is 0 Å². The Labute approximate surface area is 180 Å². The summed E-state index contributed by atoms with van der Waals surface area (Å²) < 4.78 is 23.0. The summed E-state index contributed by atoms with van der Waals surface area (Å²) in [5, 5.41) is 27.5. The first kappa shape index (κ1) is 20.9. The number of primary sulfonamides is 1. The summed E-state index contributed by atoms with van der Waals surface area (Å²) >= 11 is 0. The van der Waals surface area contributed by atoms with Gasteiger partial charge in [0.1, 0.15) is 0 Å². The Morgan fingerprint density at radius 2 is 1.65 bits per heavy atom. The lowest BCUT2D eigenvalue weighted by atomic mass is 9.94. The van der Waals surface area contributed by atoms with E-state index in [1.807, 2.05) is 19.1 Å². The largest absolute Gasteiger partial charge is 0.504 e. The molecule has 0 unspecified atom stereocenters. The third kappa shape index (κ3) is 3.99. The van der Waals surface area contributed by atoms with E-state index in [1.54, 1.807) is 24.3 Å². The summed E-state index contributed by atoms with van der Waals surface area (Å²) in [6.45, 7) is 1.93. The SMILES string of the molecule is Cc1ccc(NC(=O)C2(c3ccc(O)c(O)c3)CC2)cc1-c1ccc(S(N)(=O)=O)cc1. The van der Waals surface area contributed by atoms with E-state index in [2.05, 4.69) is 5.32 Å². The molecule has 0 aromatic heterocycles. The minimum atomic E-state index is -3.77. The van der Waals surface area contributed by atoms with Gasteiger partial charge in [-0.1, -0.05) is 24.3 Å². The summed E-state index contributed by atoms with van der Waals surface area (Å²) in [5.41, 5.74) is 3.15. The summed E-state index contributed by atoms with van der Waals surface area (Å²) in [6.07, 6.45) is 1.30. The minimum absolute atomic E-state index is 0.0335. The molecule has 0 radical (unpaired) electrons. The fraction of sp³-hybridized carbons (Fsp3) is 0.174. The second kappa shape index (κ2) is 7.40. The zero-order valence-electron chi connectivity index (χ0n) is 16.8. The normalized spacial score (nSPS) is 14.8. The van der Waals surface area contributed by atoms with E-state index in [9.17, 15) is 23.4 Å². The maximum atomic E-state index is 13.0. The van der Waals surface area contributed by atoms with Gasteiger partial charge < -0.3 is 15.5 Å². The lowest BCUT2D eigenvalue weighted by molar-refractivity contribution is -0.118. The number of carbonyl (C=O) groups is 1. The van der Waals surface area contributed by atoms with Crippen LogP contribution in [0.3, 0.4) is 0 Å². The number of nitrogens with one attached hydrogen (secondary N) is 1. The van der Waals surface area contributed by atoms with Crippen LogP contribution in [0.5, 0.6) is 11.5 Å². The number of hydrogen-bond donors (Lipinski definition) is 4. The molecule has 0 spiro atoms. The highest BCUT2D eigenvalue weighted by atomic mass is 32.2. The van der Waals surface area contributed by atoms with Crippen LogP contribution < -0.4 is 10.5 Å². The number of aromatic hydroxyl groups is 2. The van der Waals surface area contributed by atoms with Gasteiger partial charge in [-0.2, -0.15) is 0 Å². The molecule has 3 aromatic carbocycles. The summed E-state index contributed by atoms with van der Waals surface area (Å²) in [6, 6.07) is 16.2. The van der Waals surface area contributed by atoms with Gasteiger partial charge in [-0.15, -0.1) is 0 Å². The van der Waals surface area contributed by atoms with Crippen LogP contribution in [0.2, 0.25) is 0 Å². The second-order valence-electron chi connectivity index (χ2n) is 7.84. The van der Waals surface area contributed by atoms with Crippen molar-refractivity contribution in [3.8, 4) is 22.6 Å². The molecule has 4 rings (SSSR count). The van der Waals surface area contributed by atoms with Crippen molar-refractivity contribution in [3.05, 3.63) is 71.8 Å². The topological polar surface area (TPSA) is 130 Å². The van der Waals surface area contributed by atoms with E-state index in [0.717, 1.165) is 16.7 Å². The monoisotopic (exact) mass is 438 g/mol. The average Bonchev–Trinajstić information content (AvgIpc) is 3.53. The fourth-order valence-electron chi connectivity index (χ4n) is 3.68. The number of rotatable bonds is 5. The van der Waals surface area contributed by atoms with Gasteiger partial charge in [0.15, 0.2) is 11.5 Å². The van der Waals surface area contributed by atoms with E-state index < -0.39 is 15.4 Å². The van der Waals surface area contributed by atoms with Crippen LogP contribution in [-0.4, -0.2) is 24.5 Å². The molecule has 1 saturated carbocycles. The van der Waals surface area contributed by atoms with Gasteiger partial charge in [0.05, 0.1) is 10.3 Å². The van der Waals surface area contributed by atoms with Crippen LogP contribution in [0.4, 0.5) is 5.69 Å². The van der Waals surface area contributed by atoms with E-state index in [-0.39, 0.29) is 22.3 Å². The third-order valence-corrected chi connectivity index (χ3v) is 6.63. The molecule has 7 nitrogen and oxygen atoms in total. The molecule has 1 aliphatic carbocycles. The predicted molar refractivity (Wildman–Crippen MR) is 117 cm³/mol. The number of anilines is 1. The molecule has 1 aliphatic rings. The molecule has 0 saturated heterocycles. The Morgan fingerprint density at radius 3 is 2.23 bits per heavy atom. The maximum Gasteiger partial charge on any atom is 0.238 e. The van der Waals surface area contributed by atoms with Gasteiger partial charge in [-0.3, -0.25) is 4.79 Å². The first-order valence-electron chi connectivity index (χ1n) is 9.68. The zero-order chi connectivity index (χ0) is 22.4. The predicted octanol–water partition coefficient (Wildman–Crippen LogP) is 3.39. The Bertz CT molecular complexity index is 1280. The van der Waals surface area contributed by atoms with Crippen LogP contribution in [0.25, 0.3) is 11.1 Å². The van der Waals surface area contributed by atoms with Crippen LogP contribution in [0.1, 0.15) is 24.0 Å². The van der Waals surface area contributed by atoms with Crippen molar-refractivity contribution in [3.63, 3.8) is 0 Å². The Morgan fingerprint density at radius 1 is 0.968 bits per heavy atom. The molecular formula is C23H22N2O5S. The fourth-order valence-corrected chi connectivity index (χ4v) is 4.19. The quantitative estimate of drug-likeness (QED) is 0.454. The van der Waals surface area contributed by atoms with Crippen LogP contribution >= 0.6 is 0 Å². The van der Waals surface area contributed by atoms with E-state index in [1.165, 1.54) is 24.3 Å². The lowest BCUT2D eigenvalue weighted by Crippen LogP contribution is -2.27. The van der Waals surface area contributed by atoms with Crippen LogP contribution in [-0.2, 0) is 20.2 Å². The number of phenolic OH excluding ortho intramolecular Hbond substituents is 2. The average molecular weight is 439 g/mol. The third-order valence-electron chi connectivity index (χ3n) is 5.70. The smallest absolute Gasteiger partial charge is 0.238 e. The van der Waals surface area contributed by atoms with Crippen molar-refractivity contribution >= 4 is 21.6 Å². The first-order valence-corrected chi connectivity index (χ1v) is 11.2. The van der Waals surface area contributed by atoms with Gasteiger partial charge in [-0.05, 0) is 78.4 Å². The summed E-state index contributed by atoms with van der Waals surface area (Å²) in [4.78, 5) is 13.1. The van der Waals surface area contributed by atoms with Crippen molar-refractivity contribution < 1.29 is 23.4 Å². The standard InChI is InChI=1S/C23H22N2O5S/c1-14-2-6-17(13-19(14)15-3-7-18(8-4-15)31(24,29)30)25-22(28)23(10-11-23)16-5-9-20(26)21(27)12-16/h2-9,12-13,26-27H,10-11H2,1H3,(H,25,28)(H2,24,29,30). The number of carbonyl (C=O) groups excluding carboxylic acids is 1. The first-order chi connectivity index (χ1) is 14.6. The lowest BCUT2D eigenvalue weighted by Gasteiger charge is -2.17. The van der Waals surface area contributed by atoms with E-state index in [0.29, 0.717) is 24.1 Å². The van der Waals surface area contributed by atoms with Crippen molar-refractivity contribution in [1.29, 1.82) is 0 Å². The maximum absolute atomic E-state index is 13.0. The van der Waals surface area contributed by atoms with Gasteiger partial charge in [0.2, 0.25) is 15.9 Å². The Balaban J connectivity index is 1.60. The molecule has 1 fully saturated rings. The van der Waals surface area contributed by atoms with Crippen LogP contribution in [0.15, 0.2) is 65.6 Å². The van der Waals surface area contributed by atoms with Crippen molar-refractivity contribution in [2.45, 2.75) is 30.1 Å². The molecule has 160 valence electrons. The van der Waals surface area contributed by atoms with Crippen molar-refractivity contribution in [1.82, 2.24) is 0 Å². The summed E-state index contributed by atoms with van der Waals surface area (Å²) in [7, 11) is -3.77. The van der Waals surface area contributed by atoms with Gasteiger partial charge in [0, 0.05) is 5.69 Å². The number of aryl methyl sites for hydroxylation is 1. The molecule has 0 bridgehead atoms. The number of amides is 1. The highest BCUT2D eigenvalue weighted by Crippen LogP contribution is 2.50. The molecule has 3 aromatic rings. The summed E-state index contributed by atoms with van der Waals surface area (Å²) in [5.74, 6) is -0.661. The van der Waals surface area contributed by atoms with Crippen molar-refractivity contribution in [2.75, 3.05) is 5.32 Å². The Hall–Kier alpha value is -3.36. The number of benzene rings is 3. The highest BCUT2D eigenvalue weighted by molar-refractivity contribution is 7.89. The highest BCUT2D eigenvalue weighted by Gasteiger charge is 2.51. The van der Waals surface area contributed by atoms with Crippen molar-refractivity contribution in [2.24, 2.45) is 5.14 Å². The molecule has 8 heteroatoms. The molecule has 0 atom stereocenters. The molecular weight excluding hydrogens is 416 g/mol. The number of sulfonamides is 1. The Kier molecular flexibility index (Phi) is 4.99. The molecule has 0 aliphatic heterocycles. The van der Waals surface area contributed by atoms with Gasteiger partial charge in [-0.25, -0.2) is 13.6 Å². The minimum Gasteiger partial charge on any atom is -0.504 e. The van der Waals surface area contributed by atoms with Gasteiger partial charge in [0.25, 0.3) is 0 Å². The molecule has 0 heterocycles. The number of phenols is 2. The number of hydrogen-bond acceptors (Lipinski definition) is 5.